The average Bonchev–Trinajstić information content (AvgIpc) is 2.30. The number of hydrogen-bond donors (Lipinski definition) is 1. The van der Waals surface area contributed by atoms with Gasteiger partial charge < -0.3 is 14.8 Å². The lowest BCUT2D eigenvalue weighted by molar-refractivity contribution is -0.109. The second kappa shape index (κ2) is 6.61. The summed E-state index contributed by atoms with van der Waals surface area (Å²) in [6.07, 6.45) is 0.628. The molecule has 0 unspecified atom stereocenters. The molecule has 0 heterocycles. The summed E-state index contributed by atoms with van der Waals surface area (Å²) in [6.45, 7) is 2.01. The van der Waals surface area contributed by atoms with Crippen molar-refractivity contribution < 1.29 is 14.3 Å². The van der Waals surface area contributed by atoms with Crippen LogP contribution in [0.1, 0.15) is 12.5 Å². The van der Waals surface area contributed by atoms with Crippen LogP contribution in [0.2, 0.25) is 0 Å². The first-order valence-electron chi connectivity index (χ1n) is 5.18. The second-order valence-corrected chi connectivity index (χ2v) is 3.30. The zero-order chi connectivity index (χ0) is 11.8. The van der Waals surface area contributed by atoms with E-state index in [9.17, 15) is 9.59 Å². The number of benzene rings is 1. The molecule has 0 spiro atoms. The van der Waals surface area contributed by atoms with Gasteiger partial charge in [-0.25, -0.2) is 4.79 Å². The Hall–Kier alpha value is -1.84. The van der Waals surface area contributed by atoms with Gasteiger partial charge in [0.25, 0.3) is 0 Å². The highest BCUT2D eigenvalue weighted by molar-refractivity contribution is 5.73. The number of carbonyl (C=O) groups excluding carboxylic acids is 2. The molecule has 4 nitrogen and oxygen atoms in total. The standard InChI is InChI=1S/C12H15NO3/c1-2-16-12(15)13-11(9-14)8-10-6-4-3-5-7-10/h3-7,9,11H,2,8H2,1H3,(H,13,15)/t11-/m1/s1. The molecule has 1 rings (SSSR count). The lowest BCUT2D eigenvalue weighted by Crippen LogP contribution is -2.37. The summed E-state index contributed by atoms with van der Waals surface area (Å²) in [5.74, 6) is 0. The molecule has 0 aliphatic heterocycles. The molecular formula is C12H15NO3. The van der Waals surface area contributed by atoms with Crippen molar-refractivity contribution in [3.05, 3.63) is 35.9 Å². The van der Waals surface area contributed by atoms with Gasteiger partial charge in [0.1, 0.15) is 6.29 Å². The summed E-state index contributed by atoms with van der Waals surface area (Å²) in [5.41, 5.74) is 0.997. The van der Waals surface area contributed by atoms with Crippen molar-refractivity contribution in [1.29, 1.82) is 0 Å². The highest BCUT2D eigenvalue weighted by Crippen LogP contribution is 2.02. The van der Waals surface area contributed by atoms with Crippen LogP contribution in [0.25, 0.3) is 0 Å². The Bertz CT molecular complexity index is 337. The van der Waals surface area contributed by atoms with Gasteiger partial charge in [-0.2, -0.15) is 0 Å². The minimum atomic E-state index is -0.560. The van der Waals surface area contributed by atoms with Crippen LogP contribution in [-0.4, -0.2) is 25.0 Å². The maximum absolute atomic E-state index is 11.1. The Morgan fingerprint density at radius 2 is 2.12 bits per heavy atom. The minimum Gasteiger partial charge on any atom is -0.450 e. The van der Waals surface area contributed by atoms with Crippen LogP contribution in [-0.2, 0) is 16.0 Å². The molecule has 1 aromatic carbocycles. The maximum atomic E-state index is 11.1. The quantitative estimate of drug-likeness (QED) is 0.767. The predicted molar refractivity (Wildman–Crippen MR) is 60.2 cm³/mol. The average molecular weight is 221 g/mol. The zero-order valence-corrected chi connectivity index (χ0v) is 9.18. The fourth-order valence-electron chi connectivity index (χ4n) is 1.33. The molecule has 1 amide bonds. The molecule has 86 valence electrons. The molecule has 1 aromatic rings. The largest absolute Gasteiger partial charge is 0.450 e. The summed E-state index contributed by atoms with van der Waals surface area (Å²) in [4.78, 5) is 21.9. The Kier molecular flexibility index (Phi) is 5.05. The van der Waals surface area contributed by atoms with Crippen molar-refractivity contribution >= 4 is 12.4 Å². The van der Waals surface area contributed by atoms with Crippen molar-refractivity contribution in [3.8, 4) is 0 Å². The van der Waals surface area contributed by atoms with Crippen LogP contribution < -0.4 is 5.32 Å². The van der Waals surface area contributed by atoms with E-state index in [1.807, 2.05) is 30.3 Å². The van der Waals surface area contributed by atoms with Crippen molar-refractivity contribution in [2.24, 2.45) is 0 Å². The Morgan fingerprint density at radius 1 is 1.44 bits per heavy atom. The monoisotopic (exact) mass is 221 g/mol. The molecule has 16 heavy (non-hydrogen) atoms. The van der Waals surface area contributed by atoms with Gasteiger partial charge in [-0.3, -0.25) is 0 Å². The van der Waals surface area contributed by atoms with E-state index in [0.29, 0.717) is 19.3 Å². The maximum Gasteiger partial charge on any atom is 0.407 e. The number of rotatable bonds is 5. The topological polar surface area (TPSA) is 55.4 Å². The minimum absolute atomic E-state index is 0.294. The molecular weight excluding hydrogens is 206 g/mol. The van der Waals surface area contributed by atoms with E-state index in [1.165, 1.54) is 0 Å². The molecule has 0 radical (unpaired) electrons. The van der Waals surface area contributed by atoms with Crippen molar-refractivity contribution in [2.45, 2.75) is 19.4 Å². The van der Waals surface area contributed by atoms with E-state index < -0.39 is 12.1 Å². The van der Waals surface area contributed by atoms with Crippen LogP contribution in [0.4, 0.5) is 4.79 Å². The number of alkyl carbamates (subject to hydrolysis) is 1. The van der Waals surface area contributed by atoms with Crippen LogP contribution >= 0.6 is 0 Å². The molecule has 1 atom stereocenters. The lowest BCUT2D eigenvalue weighted by atomic mass is 10.1. The van der Waals surface area contributed by atoms with Gasteiger partial charge in [0.15, 0.2) is 0 Å². The van der Waals surface area contributed by atoms with Crippen LogP contribution in [0.5, 0.6) is 0 Å². The van der Waals surface area contributed by atoms with Crippen LogP contribution in [0.3, 0.4) is 0 Å². The van der Waals surface area contributed by atoms with E-state index >= 15 is 0 Å². The molecule has 1 N–H and O–H groups in total. The Labute approximate surface area is 94.6 Å². The van der Waals surface area contributed by atoms with Gasteiger partial charge in [0, 0.05) is 0 Å². The number of carbonyl (C=O) groups is 2. The molecule has 0 aromatic heterocycles. The highest BCUT2D eigenvalue weighted by atomic mass is 16.5. The van der Waals surface area contributed by atoms with Gasteiger partial charge in [-0.15, -0.1) is 0 Å². The van der Waals surface area contributed by atoms with Crippen molar-refractivity contribution in [3.63, 3.8) is 0 Å². The van der Waals surface area contributed by atoms with Gasteiger partial charge in [0.05, 0.1) is 12.6 Å². The van der Waals surface area contributed by atoms with Crippen LogP contribution in [0, 0.1) is 0 Å². The molecule has 0 saturated carbocycles. The summed E-state index contributed by atoms with van der Waals surface area (Å²) < 4.78 is 4.70. The van der Waals surface area contributed by atoms with E-state index in [2.05, 4.69) is 5.32 Å². The van der Waals surface area contributed by atoms with Gasteiger partial charge in [0.2, 0.25) is 0 Å². The van der Waals surface area contributed by atoms with Crippen molar-refractivity contribution in [1.82, 2.24) is 5.32 Å². The fraction of sp³-hybridized carbons (Fsp3) is 0.333. The predicted octanol–water partition coefficient (Wildman–Crippen LogP) is 1.54. The van der Waals surface area contributed by atoms with Gasteiger partial charge in [-0.1, -0.05) is 30.3 Å². The van der Waals surface area contributed by atoms with Crippen LogP contribution in [0.15, 0.2) is 30.3 Å². The Balaban J connectivity index is 2.49. The first-order chi connectivity index (χ1) is 7.76. The molecule has 4 heteroatoms. The van der Waals surface area contributed by atoms with Crippen molar-refractivity contribution in [2.75, 3.05) is 6.61 Å². The highest BCUT2D eigenvalue weighted by Gasteiger charge is 2.11. The molecule has 0 saturated heterocycles. The number of nitrogens with one attached hydrogen (secondary N) is 1. The van der Waals surface area contributed by atoms with E-state index in [-0.39, 0.29) is 0 Å². The molecule has 0 aliphatic rings. The molecule has 0 aliphatic carbocycles. The SMILES string of the molecule is CCOC(=O)N[C@@H](C=O)Cc1ccccc1. The summed E-state index contributed by atoms with van der Waals surface area (Å²) in [5, 5.41) is 2.49. The lowest BCUT2D eigenvalue weighted by Gasteiger charge is -2.12. The third-order valence-corrected chi connectivity index (χ3v) is 2.04. The van der Waals surface area contributed by atoms with E-state index in [0.717, 1.165) is 5.56 Å². The summed E-state index contributed by atoms with van der Waals surface area (Å²) in [6, 6.07) is 8.95. The fourth-order valence-corrected chi connectivity index (χ4v) is 1.33. The van der Waals surface area contributed by atoms with Gasteiger partial charge in [-0.05, 0) is 18.9 Å². The number of amides is 1. The van der Waals surface area contributed by atoms with E-state index in [1.54, 1.807) is 6.92 Å². The van der Waals surface area contributed by atoms with Gasteiger partial charge >= 0.3 is 6.09 Å². The first kappa shape index (κ1) is 12.2. The number of hydrogen-bond acceptors (Lipinski definition) is 3. The summed E-state index contributed by atoms with van der Waals surface area (Å²) in [7, 11) is 0. The normalized spacial score (nSPS) is 11.6. The Morgan fingerprint density at radius 3 is 2.69 bits per heavy atom. The van der Waals surface area contributed by atoms with E-state index in [4.69, 9.17) is 4.74 Å². The zero-order valence-electron chi connectivity index (χ0n) is 9.18. The molecule has 0 fully saturated rings. The third kappa shape index (κ3) is 4.13. The smallest absolute Gasteiger partial charge is 0.407 e. The first-order valence-corrected chi connectivity index (χ1v) is 5.18. The number of ether oxygens (including phenoxy) is 1. The molecule has 0 bridgehead atoms. The summed E-state index contributed by atoms with van der Waals surface area (Å²) >= 11 is 0. The number of aldehydes is 1. The third-order valence-electron chi connectivity index (χ3n) is 2.04. The second-order valence-electron chi connectivity index (χ2n) is 3.30.